The van der Waals surface area contributed by atoms with Crippen molar-refractivity contribution in [1.29, 1.82) is 0 Å². The van der Waals surface area contributed by atoms with E-state index in [4.69, 9.17) is 4.74 Å². The second kappa shape index (κ2) is 5.43. The van der Waals surface area contributed by atoms with Gasteiger partial charge in [-0.05, 0) is 18.9 Å². The van der Waals surface area contributed by atoms with Gasteiger partial charge in [-0.3, -0.25) is 4.79 Å². The van der Waals surface area contributed by atoms with E-state index in [-0.39, 0.29) is 11.9 Å². The minimum absolute atomic E-state index is 0.0580. The average Bonchev–Trinajstić information content (AvgIpc) is 2.19. The van der Waals surface area contributed by atoms with Crippen molar-refractivity contribution in [2.45, 2.75) is 20.3 Å². The lowest BCUT2D eigenvalue weighted by atomic mass is 10.0. The highest BCUT2D eigenvalue weighted by atomic mass is 16.5. The Morgan fingerprint density at radius 2 is 2.00 bits per heavy atom. The first-order chi connectivity index (χ1) is 6.74. The number of esters is 1. The lowest BCUT2D eigenvalue weighted by Crippen LogP contribution is -2.16. The van der Waals surface area contributed by atoms with Gasteiger partial charge in [-0.1, -0.05) is 37.3 Å². The van der Waals surface area contributed by atoms with E-state index in [1.54, 1.807) is 0 Å². The molecule has 76 valence electrons. The molecule has 0 aliphatic rings. The van der Waals surface area contributed by atoms with Crippen LogP contribution in [0.4, 0.5) is 0 Å². The first-order valence-electron chi connectivity index (χ1n) is 4.94. The molecular weight excluding hydrogens is 176 g/mol. The van der Waals surface area contributed by atoms with Gasteiger partial charge < -0.3 is 4.74 Å². The van der Waals surface area contributed by atoms with Crippen molar-refractivity contribution < 1.29 is 9.53 Å². The summed E-state index contributed by atoms with van der Waals surface area (Å²) in [4.78, 5) is 11.3. The molecule has 0 unspecified atom stereocenters. The van der Waals surface area contributed by atoms with Crippen LogP contribution in [-0.2, 0) is 16.0 Å². The molecule has 1 rings (SSSR count). The number of carbonyl (C=O) groups is 1. The van der Waals surface area contributed by atoms with Gasteiger partial charge in [0.05, 0.1) is 12.5 Å². The standard InChI is InChI=1S/C12H16O2/c1-3-14-12(13)10(2)9-11-7-5-4-6-8-11/h4-8,10H,3,9H2,1-2H3/t10-/m1/s1. The van der Waals surface area contributed by atoms with Crippen LogP contribution in [0.2, 0.25) is 0 Å². The number of benzene rings is 1. The molecule has 1 atom stereocenters. The monoisotopic (exact) mass is 192 g/mol. The smallest absolute Gasteiger partial charge is 0.308 e. The zero-order valence-corrected chi connectivity index (χ0v) is 8.69. The van der Waals surface area contributed by atoms with Crippen molar-refractivity contribution in [2.75, 3.05) is 6.61 Å². The molecule has 0 aliphatic carbocycles. The summed E-state index contributed by atoms with van der Waals surface area (Å²) in [6, 6.07) is 9.98. The van der Waals surface area contributed by atoms with Crippen LogP contribution < -0.4 is 0 Å². The molecule has 0 bridgehead atoms. The van der Waals surface area contributed by atoms with Gasteiger partial charge in [-0.25, -0.2) is 0 Å². The van der Waals surface area contributed by atoms with Crippen molar-refractivity contribution in [3.8, 4) is 0 Å². The normalized spacial score (nSPS) is 12.1. The molecule has 0 aliphatic heterocycles. The maximum Gasteiger partial charge on any atom is 0.308 e. The molecule has 0 amide bonds. The summed E-state index contributed by atoms with van der Waals surface area (Å²) in [5, 5.41) is 0. The lowest BCUT2D eigenvalue weighted by Gasteiger charge is -2.09. The molecule has 0 N–H and O–H groups in total. The van der Waals surface area contributed by atoms with Crippen LogP contribution >= 0.6 is 0 Å². The Balaban J connectivity index is 2.49. The maximum absolute atomic E-state index is 11.3. The first-order valence-corrected chi connectivity index (χ1v) is 4.94. The molecule has 2 nitrogen and oxygen atoms in total. The van der Waals surface area contributed by atoms with E-state index in [9.17, 15) is 4.79 Å². The molecule has 2 heteroatoms. The Morgan fingerprint density at radius 1 is 1.36 bits per heavy atom. The van der Waals surface area contributed by atoms with Crippen LogP contribution in [0.1, 0.15) is 19.4 Å². The van der Waals surface area contributed by atoms with Gasteiger partial charge in [0.1, 0.15) is 0 Å². The number of ether oxygens (including phenoxy) is 1. The zero-order chi connectivity index (χ0) is 10.4. The predicted molar refractivity (Wildman–Crippen MR) is 55.9 cm³/mol. The van der Waals surface area contributed by atoms with E-state index in [1.165, 1.54) is 5.56 Å². The van der Waals surface area contributed by atoms with E-state index >= 15 is 0 Å². The van der Waals surface area contributed by atoms with Crippen LogP contribution in [0.25, 0.3) is 0 Å². The van der Waals surface area contributed by atoms with Gasteiger partial charge >= 0.3 is 5.97 Å². The van der Waals surface area contributed by atoms with Crippen molar-refractivity contribution in [2.24, 2.45) is 5.92 Å². The van der Waals surface area contributed by atoms with Crippen LogP contribution in [0, 0.1) is 5.92 Å². The third kappa shape index (κ3) is 3.21. The molecular formula is C12H16O2. The minimum atomic E-state index is -0.114. The van der Waals surface area contributed by atoms with Crippen LogP contribution in [-0.4, -0.2) is 12.6 Å². The highest BCUT2D eigenvalue weighted by molar-refractivity contribution is 5.72. The summed E-state index contributed by atoms with van der Waals surface area (Å²) in [6.45, 7) is 4.18. The minimum Gasteiger partial charge on any atom is -0.466 e. The summed E-state index contributed by atoms with van der Waals surface area (Å²) < 4.78 is 4.94. The molecule has 0 radical (unpaired) electrons. The van der Waals surface area contributed by atoms with E-state index in [0.29, 0.717) is 6.61 Å². The Labute approximate surface area is 84.9 Å². The highest BCUT2D eigenvalue weighted by Gasteiger charge is 2.13. The quantitative estimate of drug-likeness (QED) is 0.685. The Kier molecular flexibility index (Phi) is 4.17. The summed E-state index contributed by atoms with van der Waals surface area (Å²) in [5.74, 6) is -0.172. The fraction of sp³-hybridized carbons (Fsp3) is 0.417. The van der Waals surface area contributed by atoms with Gasteiger partial charge in [0.2, 0.25) is 0 Å². The lowest BCUT2D eigenvalue weighted by molar-refractivity contribution is -0.147. The fourth-order valence-corrected chi connectivity index (χ4v) is 1.34. The Morgan fingerprint density at radius 3 is 2.57 bits per heavy atom. The second-order valence-electron chi connectivity index (χ2n) is 3.34. The van der Waals surface area contributed by atoms with E-state index in [1.807, 2.05) is 44.2 Å². The largest absolute Gasteiger partial charge is 0.466 e. The predicted octanol–water partition coefficient (Wildman–Crippen LogP) is 2.43. The van der Waals surface area contributed by atoms with Crippen molar-refractivity contribution >= 4 is 5.97 Å². The summed E-state index contributed by atoms with van der Waals surface area (Å²) in [6.07, 6.45) is 0.750. The topological polar surface area (TPSA) is 26.3 Å². The molecule has 0 saturated heterocycles. The Hall–Kier alpha value is -1.31. The molecule has 1 aromatic rings. The third-order valence-electron chi connectivity index (χ3n) is 2.07. The number of carbonyl (C=O) groups excluding carboxylic acids is 1. The molecule has 0 saturated carbocycles. The van der Waals surface area contributed by atoms with Gasteiger partial charge in [-0.15, -0.1) is 0 Å². The van der Waals surface area contributed by atoms with Gasteiger partial charge in [0, 0.05) is 0 Å². The average molecular weight is 192 g/mol. The van der Waals surface area contributed by atoms with Crippen molar-refractivity contribution in [1.82, 2.24) is 0 Å². The zero-order valence-electron chi connectivity index (χ0n) is 8.69. The SMILES string of the molecule is CCOC(=O)[C@H](C)Cc1ccccc1. The number of rotatable bonds is 4. The van der Waals surface area contributed by atoms with Crippen molar-refractivity contribution in [3.05, 3.63) is 35.9 Å². The molecule has 0 aromatic heterocycles. The molecule has 1 aromatic carbocycles. The highest BCUT2D eigenvalue weighted by Crippen LogP contribution is 2.09. The van der Waals surface area contributed by atoms with Gasteiger partial charge in [0.25, 0.3) is 0 Å². The second-order valence-corrected chi connectivity index (χ2v) is 3.34. The van der Waals surface area contributed by atoms with E-state index in [0.717, 1.165) is 6.42 Å². The van der Waals surface area contributed by atoms with Crippen LogP contribution in [0.3, 0.4) is 0 Å². The van der Waals surface area contributed by atoms with Crippen LogP contribution in [0.15, 0.2) is 30.3 Å². The summed E-state index contributed by atoms with van der Waals surface area (Å²) in [5.41, 5.74) is 1.17. The third-order valence-corrected chi connectivity index (χ3v) is 2.07. The maximum atomic E-state index is 11.3. The number of hydrogen-bond acceptors (Lipinski definition) is 2. The molecule has 0 spiro atoms. The van der Waals surface area contributed by atoms with Crippen LogP contribution in [0.5, 0.6) is 0 Å². The van der Waals surface area contributed by atoms with Crippen molar-refractivity contribution in [3.63, 3.8) is 0 Å². The number of hydrogen-bond donors (Lipinski definition) is 0. The first kappa shape index (κ1) is 10.8. The molecule has 0 fully saturated rings. The summed E-state index contributed by atoms with van der Waals surface area (Å²) >= 11 is 0. The van der Waals surface area contributed by atoms with E-state index < -0.39 is 0 Å². The summed E-state index contributed by atoms with van der Waals surface area (Å²) in [7, 11) is 0. The Bertz CT molecular complexity index is 280. The fourth-order valence-electron chi connectivity index (χ4n) is 1.34. The van der Waals surface area contributed by atoms with Gasteiger partial charge in [0.15, 0.2) is 0 Å². The molecule has 0 heterocycles. The van der Waals surface area contributed by atoms with E-state index in [2.05, 4.69) is 0 Å². The van der Waals surface area contributed by atoms with Gasteiger partial charge in [-0.2, -0.15) is 0 Å². The molecule has 14 heavy (non-hydrogen) atoms.